The van der Waals surface area contributed by atoms with E-state index >= 15 is 0 Å². The van der Waals surface area contributed by atoms with Gasteiger partial charge in [-0.05, 0) is 46.5 Å². The molecule has 1 saturated heterocycles. The van der Waals surface area contributed by atoms with Gasteiger partial charge in [-0.3, -0.25) is 4.79 Å². The van der Waals surface area contributed by atoms with Crippen LogP contribution in [-0.4, -0.2) is 37.0 Å². The number of benzene rings is 1. The number of hydrogen-bond donors (Lipinski definition) is 0. The molecule has 2 rings (SSSR count). The zero-order valence-corrected chi connectivity index (χ0v) is 14.1. The van der Waals surface area contributed by atoms with E-state index in [1.54, 1.807) is 0 Å². The highest BCUT2D eigenvalue weighted by atomic mass is 79.9. The summed E-state index contributed by atoms with van der Waals surface area (Å²) < 4.78 is 1.14. The maximum absolute atomic E-state index is 12.1. The molecular formula is C16H23BrN2O. The zero-order valence-electron chi connectivity index (χ0n) is 12.5. The number of carbonyl (C=O) groups is 1. The van der Waals surface area contributed by atoms with Gasteiger partial charge >= 0.3 is 0 Å². The van der Waals surface area contributed by atoms with E-state index in [1.807, 2.05) is 4.90 Å². The molecule has 1 heterocycles. The molecule has 4 heteroatoms. The van der Waals surface area contributed by atoms with Crippen molar-refractivity contribution in [2.75, 3.05) is 31.1 Å². The summed E-state index contributed by atoms with van der Waals surface area (Å²) in [6.07, 6.45) is 0.661. The number of rotatable bonds is 3. The summed E-state index contributed by atoms with van der Waals surface area (Å²) in [6.45, 7) is 9.75. The highest BCUT2D eigenvalue weighted by Crippen LogP contribution is 2.28. The lowest BCUT2D eigenvalue weighted by Crippen LogP contribution is -2.49. The lowest BCUT2D eigenvalue weighted by molar-refractivity contribution is -0.132. The van der Waals surface area contributed by atoms with E-state index in [-0.39, 0.29) is 0 Å². The van der Waals surface area contributed by atoms with Crippen LogP contribution in [0.4, 0.5) is 5.69 Å². The number of aryl methyl sites for hydroxylation is 1. The van der Waals surface area contributed by atoms with Gasteiger partial charge in [0.05, 0.1) is 5.69 Å². The first-order valence-corrected chi connectivity index (χ1v) is 8.05. The number of amides is 1. The van der Waals surface area contributed by atoms with Crippen LogP contribution in [0, 0.1) is 12.8 Å². The van der Waals surface area contributed by atoms with Gasteiger partial charge in [-0.15, -0.1) is 0 Å². The maximum atomic E-state index is 12.1. The second-order valence-electron chi connectivity index (χ2n) is 5.92. The molecule has 0 bridgehead atoms. The van der Waals surface area contributed by atoms with Crippen LogP contribution in [0.1, 0.15) is 25.8 Å². The molecular weight excluding hydrogens is 316 g/mol. The molecule has 1 aliphatic heterocycles. The monoisotopic (exact) mass is 338 g/mol. The number of halogens is 1. The number of anilines is 1. The summed E-state index contributed by atoms with van der Waals surface area (Å²) in [5, 5.41) is 0. The number of piperazine rings is 1. The molecule has 0 aliphatic carbocycles. The fourth-order valence-corrected chi connectivity index (χ4v) is 3.29. The van der Waals surface area contributed by atoms with Gasteiger partial charge < -0.3 is 9.80 Å². The average Bonchev–Trinajstić information content (AvgIpc) is 2.38. The third kappa shape index (κ3) is 3.75. The van der Waals surface area contributed by atoms with E-state index < -0.39 is 0 Å². The molecule has 0 spiro atoms. The van der Waals surface area contributed by atoms with Gasteiger partial charge in [0.2, 0.25) is 5.91 Å². The van der Waals surface area contributed by atoms with Crippen LogP contribution in [0.3, 0.4) is 0 Å². The van der Waals surface area contributed by atoms with Crippen molar-refractivity contribution in [3.05, 3.63) is 28.2 Å². The van der Waals surface area contributed by atoms with Crippen LogP contribution in [0.15, 0.2) is 22.7 Å². The minimum atomic E-state index is 0.294. The maximum Gasteiger partial charge on any atom is 0.222 e. The van der Waals surface area contributed by atoms with Crippen LogP contribution in [0.5, 0.6) is 0 Å². The van der Waals surface area contributed by atoms with Gasteiger partial charge in [-0.1, -0.05) is 19.9 Å². The summed E-state index contributed by atoms with van der Waals surface area (Å²) in [5.74, 6) is 0.731. The first-order chi connectivity index (χ1) is 9.47. The van der Waals surface area contributed by atoms with Crippen molar-refractivity contribution in [3.8, 4) is 0 Å². The van der Waals surface area contributed by atoms with E-state index in [4.69, 9.17) is 0 Å². The van der Waals surface area contributed by atoms with Gasteiger partial charge in [0.15, 0.2) is 0 Å². The first-order valence-electron chi connectivity index (χ1n) is 7.26. The van der Waals surface area contributed by atoms with Crippen molar-refractivity contribution >= 4 is 27.5 Å². The molecule has 110 valence electrons. The molecule has 3 nitrogen and oxygen atoms in total. The fourth-order valence-electron chi connectivity index (χ4n) is 2.54. The van der Waals surface area contributed by atoms with E-state index in [9.17, 15) is 4.79 Å². The van der Waals surface area contributed by atoms with Gasteiger partial charge in [-0.2, -0.15) is 0 Å². The molecule has 1 aromatic rings. The first kappa shape index (κ1) is 15.4. The molecule has 0 saturated carbocycles. The lowest BCUT2D eigenvalue weighted by Gasteiger charge is -2.37. The molecule has 1 aromatic carbocycles. The fraction of sp³-hybridized carbons (Fsp3) is 0.562. The van der Waals surface area contributed by atoms with Crippen molar-refractivity contribution in [1.82, 2.24) is 4.90 Å². The van der Waals surface area contributed by atoms with Crippen LogP contribution in [0.2, 0.25) is 0 Å². The Labute approximate surface area is 130 Å². The molecule has 20 heavy (non-hydrogen) atoms. The highest BCUT2D eigenvalue weighted by molar-refractivity contribution is 9.10. The van der Waals surface area contributed by atoms with Gasteiger partial charge in [0.25, 0.3) is 0 Å². The number of carbonyl (C=O) groups excluding carboxylic acids is 1. The zero-order chi connectivity index (χ0) is 14.7. The van der Waals surface area contributed by atoms with E-state index in [0.29, 0.717) is 18.2 Å². The Kier molecular flexibility index (Phi) is 5.08. The minimum Gasteiger partial charge on any atom is -0.367 e. The Hall–Kier alpha value is -1.03. The predicted molar refractivity (Wildman–Crippen MR) is 87.1 cm³/mol. The van der Waals surface area contributed by atoms with Gasteiger partial charge in [0, 0.05) is 37.1 Å². The second-order valence-corrected chi connectivity index (χ2v) is 6.78. The van der Waals surface area contributed by atoms with E-state index in [1.165, 1.54) is 11.3 Å². The normalized spacial score (nSPS) is 15.8. The van der Waals surface area contributed by atoms with Crippen molar-refractivity contribution < 1.29 is 4.79 Å². The quantitative estimate of drug-likeness (QED) is 0.842. The molecule has 1 fully saturated rings. The third-order valence-electron chi connectivity index (χ3n) is 3.66. The van der Waals surface area contributed by atoms with Crippen LogP contribution in [-0.2, 0) is 4.79 Å². The number of nitrogens with zero attached hydrogens (tertiary/aromatic N) is 2. The van der Waals surface area contributed by atoms with Crippen molar-refractivity contribution in [3.63, 3.8) is 0 Å². The topological polar surface area (TPSA) is 23.6 Å². The SMILES string of the molecule is Cc1ccc(N2CCN(C(=O)CC(C)C)CC2)c(Br)c1. The predicted octanol–water partition coefficient (Wildman–Crippen LogP) is 3.45. The Balaban J connectivity index is 1.95. The van der Waals surface area contributed by atoms with Gasteiger partial charge in [-0.25, -0.2) is 0 Å². The molecule has 0 aromatic heterocycles. The van der Waals surface area contributed by atoms with Crippen molar-refractivity contribution in [1.29, 1.82) is 0 Å². The largest absolute Gasteiger partial charge is 0.367 e. The average molecular weight is 339 g/mol. The summed E-state index contributed by atoms with van der Waals surface area (Å²) in [5.41, 5.74) is 2.48. The summed E-state index contributed by atoms with van der Waals surface area (Å²) in [7, 11) is 0. The summed E-state index contributed by atoms with van der Waals surface area (Å²) in [4.78, 5) is 16.4. The Bertz CT molecular complexity index is 479. The molecule has 0 atom stereocenters. The number of hydrogen-bond acceptors (Lipinski definition) is 2. The Morgan fingerprint density at radius 3 is 2.45 bits per heavy atom. The van der Waals surface area contributed by atoms with Crippen LogP contribution in [0.25, 0.3) is 0 Å². The summed E-state index contributed by atoms with van der Waals surface area (Å²) in [6, 6.07) is 6.44. The van der Waals surface area contributed by atoms with Gasteiger partial charge in [0.1, 0.15) is 0 Å². The molecule has 0 N–H and O–H groups in total. The molecule has 1 aliphatic rings. The lowest BCUT2D eigenvalue weighted by atomic mass is 10.1. The van der Waals surface area contributed by atoms with Crippen LogP contribution >= 0.6 is 15.9 Å². The molecule has 1 amide bonds. The van der Waals surface area contributed by atoms with Crippen molar-refractivity contribution in [2.24, 2.45) is 5.92 Å². The Morgan fingerprint density at radius 1 is 1.25 bits per heavy atom. The smallest absolute Gasteiger partial charge is 0.222 e. The van der Waals surface area contributed by atoms with Crippen LogP contribution < -0.4 is 4.90 Å². The van der Waals surface area contributed by atoms with E-state index in [0.717, 1.165) is 30.7 Å². The molecule has 0 unspecified atom stereocenters. The summed E-state index contributed by atoms with van der Waals surface area (Å²) >= 11 is 3.64. The highest BCUT2D eigenvalue weighted by Gasteiger charge is 2.22. The standard InChI is InChI=1S/C16H23BrN2O/c1-12(2)10-16(20)19-8-6-18(7-9-19)15-5-4-13(3)11-14(15)17/h4-5,11-12H,6-10H2,1-3H3. The van der Waals surface area contributed by atoms with Crippen molar-refractivity contribution in [2.45, 2.75) is 27.2 Å². The minimum absolute atomic E-state index is 0.294. The van der Waals surface area contributed by atoms with E-state index in [2.05, 4.69) is 59.8 Å². The Morgan fingerprint density at radius 2 is 1.90 bits per heavy atom. The molecule has 0 radical (unpaired) electrons. The third-order valence-corrected chi connectivity index (χ3v) is 4.29. The second kappa shape index (κ2) is 6.61.